The van der Waals surface area contributed by atoms with Crippen LogP contribution in [0.15, 0.2) is 48.5 Å². The molecule has 28 heavy (non-hydrogen) atoms. The molecule has 0 radical (unpaired) electrons. The van der Waals surface area contributed by atoms with Crippen LogP contribution in [0.2, 0.25) is 0 Å². The summed E-state index contributed by atoms with van der Waals surface area (Å²) in [5, 5.41) is 2.94. The lowest BCUT2D eigenvalue weighted by Gasteiger charge is -2.27. The molecule has 2 amide bonds. The number of hydrogen-bond donors (Lipinski definition) is 1. The number of benzene rings is 2. The van der Waals surface area contributed by atoms with Gasteiger partial charge >= 0.3 is 0 Å². The summed E-state index contributed by atoms with van der Waals surface area (Å²) in [6, 6.07) is 15.5. The monoisotopic (exact) mass is 379 g/mol. The molecule has 148 valence electrons. The van der Waals surface area contributed by atoms with Gasteiger partial charge in [-0.1, -0.05) is 24.3 Å². The summed E-state index contributed by atoms with van der Waals surface area (Å²) in [6.45, 7) is 1.59. The van der Waals surface area contributed by atoms with E-state index in [1.807, 2.05) is 36.0 Å². The van der Waals surface area contributed by atoms with Crippen LogP contribution in [-0.4, -0.2) is 43.9 Å². The van der Waals surface area contributed by atoms with Crippen LogP contribution in [-0.2, 0) is 11.2 Å². The first kappa shape index (κ1) is 19.9. The van der Waals surface area contributed by atoms with Gasteiger partial charge in [-0.2, -0.15) is 0 Å². The number of aryl methyl sites for hydroxylation is 1. The number of carbonyl (C=O) groups excluding carboxylic acids is 2. The van der Waals surface area contributed by atoms with Gasteiger partial charge in [-0.3, -0.25) is 9.59 Å². The van der Waals surface area contributed by atoms with Crippen molar-refractivity contribution in [3.63, 3.8) is 0 Å². The summed E-state index contributed by atoms with van der Waals surface area (Å²) in [5.41, 5.74) is 3.44. The van der Waals surface area contributed by atoms with E-state index >= 15 is 0 Å². The molecule has 1 saturated heterocycles. The number of nitrogens with one attached hydrogen (secondary N) is 1. The molecule has 1 aliphatic rings. The highest BCUT2D eigenvalue weighted by Gasteiger charge is 2.21. The number of nitrogens with zero attached hydrogens (tertiary/aromatic N) is 2. The van der Waals surface area contributed by atoms with Gasteiger partial charge in [0.15, 0.2) is 0 Å². The Kier molecular flexibility index (Phi) is 6.69. The molecule has 0 atom stereocenters. The minimum atomic E-state index is -0.0735. The van der Waals surface area contributed by atoms with Crippen LogP contribution in [0.1, 0.15) is 41.6 Å². The molecule has 2 aromatic rings. The van der Waals surface area contributed by atoms with Crippen molar-refractivity contribution in [2.75, 3.05) is 37.4 Å². The maximum atomic E-state index is 12.8. The lowest BCUT2D eigenvalue weighted by atomic mass is 10.1. The lowest BCUT2D eigenvalue weighted by Crippen LogP contribution is -2.36. The zero-order valence-electron chi connectivity index (χ0n) is 16.8. The van der Waals surface area contributed by atoms with E-state index in [2.05, 4.69) is 29.6 Å². The van der Waals surface area contributed by atoms with Crippen molar-refractivity contribution in [2.24, 2.45) is 0 Å². The van der Waals surface area contributed by atoms with E-state index in [9.17, 15) is 9.59 Å². The second kappa shape index (κ2) is 9.40. The number of likely N-dealkylation sites (tertiary alicyclic amines) is 1. The highest BCUT2D eigenvalue weighted by Crippen LogP contribution is 2.20. The van der Waals surface area contributed by atoms with Crippen molar-refractivity contribution in [3.8, 4) is 0 Å². The third-order valence-corrected chi connectivity index (χ3v) is 5.17. The molecule has 0 aliphatic carbocycles. The summed E-state index contributed by atoms with van der Waals surface area (Å²) >= 11 is 0. The minimum Gasteiger partial charge on any atom is -0.378 e. The second-order valence-corrected chi connectivity index (χ2v) is 7.51. The van der Waals surface area contributed by atoms with Gasteiger partial charge in [0, 0.05) is 39.3 Å². The third-order valence-electron chi connectivity index (χ3n) is 5.17. The maximum absolute atomic E-state index is 12.8. The molecule has 1 fully saturated rings. The molecule has 0 saturated carbocycles. The van der Waals surface area contributed by atoms with Crippen LogP contribution >= 0.6 is 0 Å². The Morgan fingerprint density at radius 2 is 1.64 bits per heavy atom. The van der Waals surface area contributed by atoms with Crippen LogP contribution in [0.4, 0.5) is 11.4 Å². The molecular weight excluding hydrogens is 350 g/mol. The SMILES string of the molecule is CN(C)c1ccc(CCC(=O)Nc2ccccc2C(=O)N2CCCCC2)cc1. The average molecular weight is 380 g/mol. The number of piperidine rings is 1. The number of hydrogen-bond acceptors (Lipinski definition) is 3. The lowest BCUT2D eigenvalue weighted by molar-refractivity contribution is -0.116. The highest BCUT2D eigenvalue weighted by molar-refractivity contribution is 6.03. The Hall–Kier alpha value is -2.82. The number of anilines is 2. The summed E-state index contributed by atoms with van der Waals surface area (Å²) in [6.07, 6.45) is 4.33. The quantitative estimate of drug-likeness (QED) is 0.827. The van der Waals surface area contributed by atoms with E-state index in [4.69, 9.17) is 0 Å². The first-order valence-electron chi connectivity index (χ1n) is 9.99. The Balaban J connectivity index is 1.60. The molecule has 5 nitrogen and oxygen atoms in total. The Bertz CT molecular complexity index is 809. The van der Waals surface area contributed by atoms with Crippen LogP contribution in [0.3, 0.4) is 0 Å². The van der Waals surface area contributed by atoms with Gasteiger partial charge in [0.25, 0.3) is 5.91 Å². The Labute approximate surface area is 167 Å². The van der Waals surface area contributed by atoms with Gasteiger partial charge in [-0.25, -0.2) is 0 Å². The van der Waals surface area contributed by atoms with Crippen molar-refractivity contribution in [1.82, 2.24) is 4.90 Å². The molecule has 1 heterocycles. The standard InChI is InChI=1S/C23H29N3O2/c1-25(2)19-13-10-18(11-14-19)12-15-22(27)24-21-9-5-4-8-20(21)23(28)26-16-6-3-7-17-26/h4-5,8-11,13-14H,3,6-7,12,15-17H2,1-2H3,(H,24,27). The summed E-state index contributed by atoms with van der Waals surface area (Å²) in [7, 11) is 4.01. The Morgan fingerprint density at radius 1 is 0.964 bits per heavy atom. The van der Waals surface area contributed by atoms with Gasteiger partial charge in [0.1, 0.15) is 0 Å². The Morgan fingerprint density at radius 3 is 2.32 bits per heavy atom. The molecule has 0 unspecified atom stereocenters. The van der Waals surface area contributed by atoms with Gasteiger partial charge in [0.05, 0.1) is 11.3 Å². The number of carbonyl (C=O) groups is 2. The molecule has 0 aromatic heterocycles. The van der Waals surface area contributed by atoms with Crippen molar-refractivity contribution >= 4 is 23.2 Å². The zero-order valence-corrected chi connectivity index (χ0v) is 16.8. The summed E-state index contributed by atoms with van der Waals surface area (Å²) in [4.78, 5) is 29.2. The van der Waals surface area contributed by atoms with E-state index < -0.39 is 0 Å². The van der Waals surface area contributed by atoms with Crippen molar-refractivity contribution in [2.45, 2.75) is 32.1 Å². The molecule has 5 heteroatoms. The molecule has 0 bridgehead atoms. The van der Waals surface area contributed by atoms with E-state index in [-0.39, 0.29) is 11.8 Å². The minimum absolute atomic E-state index is 0.00914. The molecule has 1 N–H and O–H groups in total. The first-order valence-corrected chi connectivity index (χ1v) is 9.99. The topological polar surface area (TPSA) is 52.7 Å². The van der Waals surface area contributed by atoms with E-state index in [1.54, 1.807) is 12.1 Å². The van der Waals surface area contributed by atoms with Gasteiger partial charge in [-0.05, 0) is 55.5 Å². The van der Waals surface area contributed by atoms with Crippen molar-refractivity contribution < 1.29 is 9.59 Å². The number of rotatable bonds is 6. The van der Waals surface area contributed by atoms with Crippen LogP contribution in [0.5, 0.6) is 0 Å². The molecular formula is C23H29N3O2. The third kappa shape index (κ3) is 5.12. The normalized spacial score (nSPS) is 13.9. The molecule has 2 aromatic carbocycles. The predicted octanol–water partition coefficient (Wildman–Crippen LogP) is 3.95. The van der Waals surface area contributed by atoms with Crippen LogP contribution in [0.25, 0.3) is 0 Å². The molecule has 1 aliphatic heterocycles. The van der Waals surface area contributed by atoms with Gasteiger partial charge < -0.3 is 15.1 Å². The average Bonchev–Trinajstić information content (AvgIpc) is 2.73. The zero-order chi connectivity index (χ0) is 19.9. The highest BCUT2D eigenvalue weighted by atomic mass is 16.2. The fourth-order valence-corrected chi connectivity index (χ4v) is 3.48. The van der Waals surface area contributed by atoms with Gasteiger partial charge in [0.2, 0.25) is 5.91 Å². The van der Waals surface area contributed by atoms with Crippen molar-refractivity contribution in [3.05, 3.63) is 59.7 Å². The maximum Gasteiger partial charge on any atom is 0.255 e. The van der Waals surface area contributed by atoms with E-state index in [0.717, 1.165) is 37.2 Å². The smallest absolute Gasteiger partial charge is 0.255 e. The summed E-state index contributed by atoms with van der Waals surface area (Å²) in [5.74, 6) is -0.0644. The largest absolute Gasteiger partial charge is 0.378 e. The number of para-hydroxylation sites is 1. The summed E-state index contributed by atoms with van der Waals surface area (Å²) < 4.78 is 0. The van der Waals surface area contributed by atoms with E-state index in [1.165, 1.54) is 6.42 Å². The predicted molar refractivity (Wildman–Crippen MR) is 114 cm³/mol. The number of amides is 2. The first-order chi connectivity index (χ1) is 13.5. The fourth-order valence-electron chi connectivity index (χ4n) is 3.48. The fraction of sp³-hybridized carbons (Fsp3) is 0.391. The van der Waals surface area contributed by atoms with Crippen molar-refractivity contribution in [1.29, 1.82) is 0 Å². The van der Waals surface area contributed by atoms with Crippen LogP contribution < -0.4 is 10.2 Å². The molecule has 0 spiro atoms. The van der Waals surface area contributed by atoms with Gasteiger partial charge in [-0.15, -0.1) is 0 Å². The van der Waals surface area contributed by atoms with E-state index in [0.29, 0.717) is 24.1 Å². The second-order valence-electron chi connectivity index (χ2n) is 7.51. The van der Waals surface area contributed by atoms with Crippen LogP contribution in [0, 0.1) is 0 Å². The molecule has 3 rings (SSSR count).